The van der Waals surface area contributed by atoms with E-state index in [1.165, 1.54) is 10.4 Å². The van der Waals surface area contributed by atoms with Crippen LogP contribution in [0.25, 0.3) is 0 Å². The van der Waals surface area contributed by atoms with Crippen LogP contribution in [-0.2, 0) is 13.2 Å². The van der Waals surface area contributed by atoms with Crippen LogP contribution < -0.4 is 10.1 Å². The minimum Gasteiger partial charge on any atom is -0.487 e. The molecule has 1 heterocycles. The van der Waals surface area contributed by atoms with Gasteiger partial charge >= 0.3 is 0 Å². The van der Waals surface area contributed by atoms with Crippen LogP contribution >= 0.6 is 43.2 Å². The fraction of sp³-hybridized carbons (Fsp3) is 0.286. The van der Waals surface area contributed by atoms with Gasteiger partial charge in [-0.2, -0.15) is 0 Å². The predicted molar refractivity (Wildman–Crippen MR) is 87.9 cm³/mol. The number of rotatable bonds is 6. The van der Waals surface area contributed by atoms with Gasteiger partial charge in [-0.25, -0.2) is 0 Å². The molecule has 0 aliphatic heterocycles. The third-order valence-corrected chi connectivity index (χ3v) is 4.86. The molecule has 0 unspecified atom stereocenters. The van der Waals surface area contributed by atoms with Crippen LogP contribution in [0.15, 0.2) is 38.6 Å². The number of halogens is 2. The molecule has 2 aromatic rings. The molecular formula is C14H15Br2NOS. The molecule has 19 heavy (non-hydrogen) atoms. The first kappa shape index (κ1) is 15.0. The highest BCUT2D eigenvalue weighted by atomic mass is 79.9. The van der Waals surface area contributed by atoms with Gasteiger partial charge in [0.2, 0.25) is 0 Å². The molecule has 0 radical (unpaired) electrons. The van der Waals surface area contributed by atoms with E-state index in [-0.39, 0.29) is 0 Å². The van der Waals surface area contributed by atoms with E-state index in [0.717, 1.165) is 27.8 Å². The maximum absolute atomic E-state index is 5.82. The molecule has 1 aromatic heterocycles. The second-order valence-electron chi connectivity index (χ2n) is 4.07. The summed E-state index contributed by atoms with van der Waals surface area (Å²) in [6, 6.07) is 8.28. The summed E-state index contributed by atoms with van der Waals surface area (Å²) in [7, 11) is 0. The summed E-state index contributed by atoms with van der Waals surface area (Å²) < 4.78 is 7.92. The van der Waals surface area contributed by atoms with Crippen LogP contribution in [-0.4, -0.2) is 6.54 Å². The van der Waals surface area contributed by atoms with Gasteiger partial charge in [0.15, 0.2) is 0 Å². The zero-order chi connectivity index (χ0) is 13.7. The van der Waals surface area contributed by atoms with Crippen LogP contribution in [0.3, 0.4) is 0 Å². The van der Waals surface area contributed by atoms with Crippen LogP contribution in [0, 0.1) is 0 Å². The quantitative estimate of drug-likeness (QED) is 0.734. The van der Waals surface area contributed by atoms with E-state index in [9.17, 15) is 0 Å². The summed E-state index contributed by atoms with van der Waals surface area (Å²) in [4.78, 5) is 1.20. The summed E-state index contributed by atoms with van der Waals surface area (Å²) in [5, 5.41) is 5.37. The van der Waals surface area contributed by atoms with E-state index in [1.54, 1.807) is 11.3 Å². The topological polar surface area (TPSA) is 21.3 Å². The molecule has 0 atom stereocenters. The number of hydrogen-bond acceptors (Lipinski definition) is 3. The lowest BCUT2D eigenvalue weighted by Crippen LogP contribution is -2.11. The molecule has 5 heteroatoms. The number of nitrogens with one attached hydrogen (secondary N) is 1. The third-order valence-electron chi connectivity index (χ3n) is 2.57. The van der Waals surface area contributed by atoms with Crippen molar-refractivity contribution in [2.45, 2.75) is 20.1 Å². The van der Waals surface area contributed by atoms with E-state index in [0.29, 0.717) is 6.61 Å². The normalized spacial score (nSPS) is 10.7. The van der Waals surface area contributed by atoms with E-state index >= 15 is 0 Å². The lowest BCUT2D eigenvalue weighted by Gasteiger charge is -2.09. The van der Waals surface area contributed by atoms with Gasteiger partial charge in [-0.1, -0.05) is 13.0 Å². The average Bonchev–Trinajstić information content (AvgIpc) is 2.81. The summed E-state index contributed by atoms with van der Waals surface area (Å²) in [6.07, 6.45) is 0. The summed E-state index contributed by atoms with van der Waals surface area (Å²) in [5.41, 5.74) is 1.25. The Hall–Kier alpha value is -0.360. The minimum atomic E-state index is 0.599. The molecule has 102 valence electrons. The monoisotopic (exact) mass is 403 g/mol. The number of ether oxygens (including phenoxy) is 1. The Bertz CT molecular complexity index is 542. The van der Waals surface area contributed by atoms with Crippen molar-refractivity contribution in [3.05, 3.63) is 49.0 Å². The predicted octanol–water partition coefficient (Wildman–Crippen LogP) is 4.96. The second kappa shape index (κ2) is 7.43. The molecule has 2 rings (SSSR count). The Balaban J connectivity index is 1.96. The van der Waals surface area contributed by atoms with Crippen LogP contribution in [0.4, 0.5) is 0 Å². The summed E-state index contributed by atoms with van der Waals surface area (Å²) in [5.74, 6) is 0.879. The lowest BCUT2D eigenvalue weighted by molar-refractivity contribution is 0.307. The van der Waals surface area contributed by atoms with Gasteiger partial charge in [0.25, 0.3) is 0 Å². The Morgan fingerprint density at radius 1 is 1.26 bits per heavy atom. The molecule has 0 aliphatic rings. The number of benzene rings is 1. The zero-order valence-corrected chi connectivity index (χ0v) is 14.6. The van der Waals surface area contributed by atoms with Gasteiger partial charge in [0.05, 0.1) is 4.47 Å². The summed E-state index contributed by atoms with van der Waals surface area (Å²) in [6.45, 7) is 4.56. The van der Waals surface area contributed by atoms with Crippen LogP contribution in [0.2, 0.25) is 0 Å². The standard InChI is InChI=1S/C14H15Br2NOS/c1-2-17-7-10-3-4-14(13(16)5-10)18-8-12-6-11(15)9-19-12/h3-6,9,17H,2,7-8H2,1H3. The zero-order valence-electron chi connectivity index (χ0n) is 10.6. The van der Waals surface area contributed by atoms with Gasteiger partial charge < -0.3 is 10.1 Å². The molecule has 0 fully saturated rings. The van der Waals surface area contributed by atoms with Gasteiger partial charge in [-0.15, -0.1) is 11.3 Å². The van der Waals surface area contributed by atoms with Crippen molar-refractivity contribution in [2.24, 2.45) is 0 Å². The second-order valence-corrected chi connectivity index (χ2v) is 6.83. The van der Waals surface area contributed by atoms with E-state index in [1.807, 2.05) is 6.07 Å². The van der Waals surface area contributed by atoms with Crippen molar-refractivity contribution >= 4 is 43.2 Å². The van der Waals surface area contributed by atoms with Crippen LogP contribution in [0.1, 0.15) is 17.4 Å². The van der Waals surface area contributed by atoms with Crippen molar-refractivity contribution in [1.29, 1.82) is 0 Å². The molecule has 0 bridgehead atoms. The smallest absolute Gasteiger partial charge is 0.134 e. The van der Waals surface area contributed by atoms with Crippen LogP contribution in [0.5, 0.6) is 5.75 Å². The first-order valence-electron chi connectivity index (χ1n) is 6.04. The van der Waals surface area contributed by atoms with Gasteiger partial charge in [-0.3, -0.25) is 0 Å². The molecule has 0 spiro atoms. The Morgan fingerprint density at radius 2 is 2.11 bits per heavy atom. The minimum absolute atomic E-state index is 0.599. The first-order chi connectivity index (χ1) is 9.19. The number of hydrogen-bond donors (Lipinski definition) is 1. The molecule has 1 N–H and O–H groups in total. The molecule has 2 nitrogen and oxygen atoms in total. The molecule has 1 aromatic carbocycles. The molecule has 0 saturated carbocycles. The molecule has 0 saturated heterocycles. The molecule has 0 amide bonds. The summed E-state index contributed by atoms with van der Waals surface area (Å²) >= 11 is 8.70. The van der Waals surface area contributed by atoms with E-state index in [4.69, 9.17) is 4.74 Å². The number of thiophene rings is 1. The highest BCUT2D eigenvalue weighted by Crippen LogP contribution is 2.28. The van der Waals surface area contributed by atoms with Crippen molar-refractivity contribution in [3.8, 4) is 5.75 Å². The Labute approximate surface area is 134 Å². The van der Waals surface area contributed by atoms with Crippen molar-refractivity contribution in [1.82, 2.24) is 5.32 Å². The fourth-order valence-corrected chi connectivity index (χ4v) is 3.52. The Morgan fingerprint density at radius 3 is 2.74 bits per heavy atom. The lowest BCUT2D eigenvalue weighted by atomic mass is 10.2. The SMILES string of the molecule is CCNCc1ccc(OCc2cc(Br)cs2)c(Br)c1. The van der Waals surface area contributed by atoms with Gasteiger partial charge in [0, 0.05) is 21.3 Å². The average molecular weight is 405 g/mol. The van der Waals surface area contributed by atoms with Crippen molar-refractivity contribution in [2.75, 3.05) is 6.54 Å². The third kappa shape index (κ3) is 4.60. The highest BCUT2D eigenvalue weighted by molar-refractivity contribution is 9.10. The fourth-order valence-electron chi connectivity index (χ4n) is 1.62. The largest absolute Gasteiger partial charge is 0.487 e. The molecule has 0 aliphatic carbocycles. The maximum Gasteiger partial charge on any atom is 0.134 e. The first-order valence-corrected chi connectivity index (χ1v) is 8.50. The van der Waals surface area contributed by atoms with Gasteiger partial charge in [0.1, 0.15) is 12.4 Å². The van der Waals surface area contributed by atoms with E-state index in [2.05, 4.69) is 67.7 Å². The van der Waals surface area contributed by atoms with E-state index < -0.39 is 0 Å². The maximum atomic E-state index is 5.82. The van der Waals surface area contributed by atoms with Crippen molar-refractivity contribution < 1.29 is 4.74 Å². The highest BCUT2D eigenvalue weighted by Gasteiger charge is 2.04. The van der Waals surface area contributed by atoms with Gasteiger partial charge in [-0.05, 0) is 62.2 Å². The van der Waals surface area contributed by atoms with Crippen molar-refractivity contribution in [3.63, 3.8) is 0 Å². The molecular weight excluding hydrogens is 390 g/mol. The Kier molecular flexibility index (Phi) is 5.88.